The molecule has 0 unspecified atom stereocenters. The lowest BCUT2D eigenvalue weighted by atomic mass is 10.2. The van der Waals surface area contributed by atoms with Crippen molar-refractivity contribution < 1.29 is 9.53 Å². The quantitative estimate of drug-likeness (QED) is 0.547. The average Bonchev–Trinajstić information content (AvgIpc) is 2.69. The number of ether oxygens (including phenoxy) is 1. The van der Waals surface area contributed by atoms with Crippen molar-refractivity contribution in [2.45, 2.75) is 13.8 Å². The van der Waals surface area contributed by atoms with Crippen molar-refractivity contribution in [3.63, 3.8) is 0 Å². The van der Waals surface area contributed by atoms with E-state index in [2.05, 4.69) is 35.9 Å². The Bertz CT molecular complexity index is 917. The molecule has 1 amide bonds. The van der Waals surface area contributed by atoms with Gasteiger partial charge in [-0.2, -0.15) is 4.98 Å². The first-order valence-corrected chi connectivity index (χ1v) is 8.78. The van der Waals surface area contributed by atoms with E-state index in [4.69, 9.17) is 4.74 Å². The van der Waals surface area contributed by atoms with Crippen LogP contribution in [0, 0.1) is 6.92 Å². The Kier molecular flexibility index (Phi) is 6.29. The summed E-state index contributed by atoms with van der Waals surface area (Å²) >= 11 is 0. The van der Waals surface area contributed by atoms with Crippen LogP contribution in [0.1, 0.15) is 12.6 Å². The fraction of sp³-hybridized carbons (Fsp3) is 0.211. The van der Waals surface area contributed by atoms with E-state index in [0.29, 0.717) is 17.5 Å². The van der Waals surface area contributed by atoms with E-state index >= 15 is 0 Å². The predicted octanol–water partition coefficient (Wildman–Crippen LogP) is 2.77. The topological polar surface area (TPSA) is 114 Å². The van der Waals surface area contributed by atoms with E-state index in [9.17, 15) is 4.79 Å². The first-order chi connectivity index (χ1) is 13.6. The molecule has 1 aromatic carbocycles. The molecular weight excluding hydrogens is 358 g/mol. The number of hydrogen-bond donors (Lipinski definition) is 3. The summed E-state index contributed by atoms with van der Waals surface area (Å²) in [6, 6.07) is 11.0. The molecule has 2 aromatic heterocycles. The van der Waals surface area contributed by atoms with E-state index in [1.807, 2.05) is 32.0 Å². The maximum absolute atomic E-state index is 12.0. The van der Waals surface area contributed by atoms with Crippen LogP contribution < -0.4 is 20.7 Å². The largest absolute Gasteiger partial charge is 0.453 e. The first-order valence-electron chi connectivity index (χ1n) is 8.78. The number of rotatable bonds is 8. The van der Waals surface area contributed by atoms with Gasteiger partial charge in [-0.05, 0) is 44.2 Å². The zero-order valence-electron chi connectivity index (χ0n) is 15.6. The van der Waals surface area contributed by atoms with E-state index in [1.54, 1.807) is 30.6 Å². The molecule has 0 spiro atoms. The number of carbonyl (C=O) groups is 1. The highest BCUT2D eigenvalue weighted by atomic mass is 16.5. The Morgan fingerprint density at radius 1 is 1.07 bits per heavy atom. The maximum Gasteiger partial charge on any atom is 0.316 e. The summed E-state index contributed by atoms with van der Waals surface area (Å²) in [7, 11) is 0. The summed E-state index contributed by atoms with van der Waals surface area (Å²) in [4.78, 5) is 28.5. The second-order valence-corrected chi connectivity index (χ2v) is 5.82. The van der Waals surface area contributed by atoms with E-state index in [1.165, 1.54) is 0 Å². The second kappa shape index (κ2) is 9.26. The lowest BCUT2D eigenvalue weighted by molar-refractivity contribution is -0.118. The molecule has 3 N–H and O–H groups in total. The van der Waals surface area contributed by atoms with Crippen LogP contribution in [-0.2, 0) is 4.79 Å². The van der Waals surface area contributed by atoms with Gasteiger partial charge in [0.15, 0.2) is 6.61 Å². The Morgan fingerprint density at radius 2 is 1.79 bits per heavy atom. The molecule has 2 heterocycles. The third kappa shape index (κ3) is 5.63. The molecule has 9 nitrogen and oxygen atoms in total. The number of amides is 1. The van der Waals surface area contributed by atoms with Gasteiger partial charge in [0.25, 0.3) is 5.91 Å². The summed E-state index contributed by atoms with van der Waals surface area (Å²) in [5.41, 5.74) is 2.35. The molecule has 0 aliphatic rings. The Labute approximate surface area is 162 Å². The van der Waals surface area contributed by atoms with Gasteiger partial charge in [0.1, 0.15) is 5.82 Å². The van der Waals surface area contributed by atoms with Crippen molar-refractivity contribution in [1.29, 1.82) is 0 Å². The highest BCUT2D eigenvalue weighted by Crippen LogP contribution is 2.19. The number of hydrogen-bond acceptors (Lipinski definition) is 8. The Balaban J connectivity index is 1.55. The summed E-state index contributed by atoms with van der Waals surface area (Å²) < 4.78 is 5.22. The SMILES string of the molecule is CCNc1nc(C)cc(Nc2ccc(NC(=O)COc3ncccn3)cc2)n1. The van der Waals surface area contributed by atoms with E-state index < -0.39 is 0 Å². The Hall–Kier alpha value is -3.75. The lowest BCUT2D eigenvalue weighted by Crippen LogP contribution is -2.20. The van der Waals surface area contributed by atoms with Crippen molar-refractivity contribution in [1.82, 2.24) is 19.9 Å². The van der Waals surface area contributed by atoms with Gasteiger partial charge in [-0.1, -0.05) is 0 Å². The third-order valence-corrected chi connectivity index (χ3v) is 3.50. The minimum absolute atomic E-state index is 0.161. The minimum Gasteiger partial charge on any atom is -0.453 e. The number of carbonyl (C=O) groups excluding carboxylic acids is 1. The van der Waals surface area contributed by atoms with Crippen molar-refractivity contribution in [2.24, 2.45) is 0 Å². The fourth-order valence-corrected chi connectivity index (χ4v) is 2.34. The van der Waals surface area contributed by atoms with Gasteiger partial charge < -0.3 is 20.7 Å². The van der Waals surface area contributed by atoms with E-state index in [0.717, 1.165) is 17.9 Å². The molecule has 0 saturated heterocycles. The van der Waals surface area contributed by atoms with Crippen LogP contribution in [0.2, 0.25) is 0 Å². The van der Waals surface area contributed by atoms with Crippen molar-refractivity contribution in [3.8, 4) is 6.01 Å². The van der Waals surface area contributed by atoms with E-state index in [-0.39, 0.29) is 18.5 Å². The van der Waals surface area contributed by atoms with Gasteiger partial charge >= 0.3 is 6.01 Å². The number of nitrogens with one attached hydrogen (secondary N) is 3. The Morgan fingerprint density at radius 3 is 2.50 bits per heavy atom. The molecule has 9 heteroatoms. The van der Waals surface area contributed by atoms with Gasteiger partial charge in [-0.15, -0.1) is 0 Å². The molecule has 0 fully saturated rings. The fourth-order valence-electron chi connectivity index (χ4n) is 2.34. The monoisotopic (exact) mass is 379 g/mol. The van der Waals surface area contributed by atoms with Crippen LogP contribution >= 0.6 is 0 Å². The van der Waals surface area contributed by atoms with Crippen molar-refractivity contribution in [2.75, 3.05) is 29.1 Å². The average molecular weight is 379 g/mol. The number of nitrogens with zero attached hydrogens (tertiary/aromatic N) is 4. The molecule has 144 valence electrons. The third-order valence-electron chi connectivity index (χ3n) is 3.50. The van der Waals surface area contributed by atoms with Crippen LogP contribution in [0.4, 0.5) is 23.1 Å². The van der Waals surface area contributed by atoms with Crippen molar-refractivity contribution in [3.05, 3.63) is 54.5 Å². The lowest BCUT2D eigenvalue weighted by Gasteiger charge is -2.10. The van der Waals surface area contributed by atoms with Gasteiger partial charge in [0.05, 0.1) is 0 Å². The van der Waals surface area contributed by atoms with Crippen LogP contribution in [0.15, 0.2) is 48.8 Å². The number of aryl methyl sites for hydroxylation is 1. The summed E-state index contributed by atoms with van der Waals surface area (Å²) in [5, 5.41) is 9.08. The number of aromatic nitrogens is 4. The van der Waals surface area contributed by atoms with Crippen LogP contribution in [0.25, 0.3) is 0 Å². The molecular formula is C19H21N7O2. The zero-order chi connectivity index (χ0) is 19.8. The molecule has 0 radical (unpaired) electrons. The molecule has 3 rings (SSSR count). The molecule has 0 aliphatic carbocycles. The van der Waals surface area contributed by atoms with Crippen LogP contribution in [0.5, 0.6) is 6.01 Å². The standard InChI is InChI=1S/C19H21N7O2/c1-3-20-18-23-13(2)11-16(26-18)24-14-5-7-15(8-6-14)25-17(27)12-28-19-21-9-4-10-22-19/h4-11H,3,12H2,1-2H3,(H,25,27)(H2,20,23,24,26). The predicted molar refractivity (Wildman–Crippen MR) is 107 cm³/mol. The zero-order valence-corrected chi connectivity index (χ0v) is 15.6. The second-order valence-electron chi connectivity index (χ2n) is 5.82. The first kappa shape index (κ1) is 19.0. The number of anilines is 4. The smallest absolute Gasteiger partial charge is 0.316 e. The molecule has 3 aromatic rings. The van der Waals surface area contributed by atoms with Gasteiger partial charge in [-0.25, -0.2) is 15.0 Å². The van der Waals surface area contributed by atoms with Crippen LogP contribution in [-0.4, -0.2) is 39.0 Å². The number of benzene rings is 1. The highest BCUT2D eigenvalue weighted by molar-refractivity contribution is 5.92. The highest BCUT2D eigenvalue weighted by Gasteiger charge is 2.06. The normalized spacial score (nSPS) is 10.2. The summed E-state index contributed by atoms with van der Waals surface area (Å²) in [6.45, 7) is 4.48. The molecule has 28 heavy (non-hydrogen) atoms. The van der Waals surface area contributed by atoms with Gasteiger partial charge in [0.2, 0.25) is 5.95 Å². The van der Waals surface area contributed by atoms with Gasteiger partial charge in [0, 0.05) is 42.1 Å². The van der Waals surface area contributed by atoms with Gasteiger partial charge in [-0.3, -0.25) is 4.79 Å². The molecule has 0 saturated carbocycles. The maximum atomic E-state index is 12.0. The van der Waals surface area contributed by atoms with Crippen LogP contribution in [0.3, 0.4) is 0 Å². The summed E-state index contributed by atoms with van der Waals surface area (Å²) in [5.74, 6) is 0.975. The summed E-state index contributed by atoms with van der Waals surface area (Å²) in [6.07, 6.45) is 3.10. The van der Waals surface area contributed by atoms with Crippen molar-refractivity contribution >= 4 is 29.0 Å². The minimum atomic E-state index is -0.296. The molecule has 0 bridgehead atoms. The molecule has 0 aliphatic heterocycles. The molecule has 0 atom stereocenters.